The number of allylic oxidation sites excluding steroid dienone is 2. The van der Waals surface area contributed by atoms with Gasteiger partial charge in [-0.05, 0) is 69.9 Å². The fraction of sp³-hybridized carbons (Fsp3) is 0.467. The summed E-state index contributed by atoms with van der Waals surface area (Å²) in [6.07, 6.45) is 10.0. The zero-order valence-corrected chi connectivity index (χ0v) is 19.6. The van der Waals surface area contributed by atoms with Crippen LogP contribution in [0.4, 0.5) is 0 Å². The van der Waals surface area contributed by atoms with Gasteiger partial charge in [-0.25, -0.2) is 0 Å². The lowest BCUT2D eigenvalue weighted by molar-refractivity contribution is 0.576. The van der Waals surface area contributed by atoms with Crippen LogP contribution >= 0.6 is 0 Å². The van der Waals surface area contributed by atoms with Gasteiger partial charge in [-0.15, -0.1) is 0 Å². The monoisotopic (exact) mass is 396 g/mol. The van der Waals surface area contributed by atoms with E-state index in [2.05, 4.69) is 90.1 Å². The summed E-state index contributed by atoms with van der Waals surface area (Å²) < 4.78 is 0. The van der Waals surface area contributed by atoms with Gasteiger partial charge in [-0.1, -0.05) is 101 Å². The maximum Gasteiger partial charge on any atom is 0.00604 e. The zero-order valence-electron chi connectivity index (χ0n) is 19.6. The van der Waals surface area contributed by atoms with Gasteiger partial charge in [0.2, 0.25) is 0 Å². The Labute approximate surface area is 183 Å². The Balaban J connectivity index is 1.44. The lowest BCUT2D eigenvalue weighted by Crippen LogP contribution is -2.12. The van der Waals surface area contributed by atoms with Gasteiger partial charge in [0.1, 0.15) is 0 Å². The van der Waals surface area contributed by atoms with Crippen LogP contribution in [0.15, 0.2) is 47.5 Å². The Morgan fingerprint density at radius 2 is 1.00 bits per heavy atom. The standard InChI is InChI=1S/C30H36/c1-29(2,3)23-9-13-27-21(17-23)15-19-7-12-26-20(8-11-25(19)27)16-22-18-24(30(4,5)6)10-14-28(22)26/h9-10,13-18,25-26H,7-8,11-12H2,1-6H3. The molecule has 2 aromatic rings. The van der Waals surface area contributed by atoms with Crippen molar-refractivity contribution in [3.8, 4) is 0 Å². The average molecular weight is 397 g/mol. The minimum absolute atomic E-state index is 0.215. The fourth-order valence-electron chi connectivity index (χ4n) is 5.76. The van der Waals surface area contributed by atoms with Gasteiger partial charge >= 0.3 is 0 Å². The predicted octanol–water partition coefficient (Wildman–Crippen LogP) is 8.52. The fourth-order valence-corrected chi connectivity index (χ4v) is 5.76. The number of rotatable bonds is 0. The number of hydrogen-bond donors (Lipinski definition) is 0. The minimum Gasteiger partial charge on any atom is -0.0620 e. The summed E-state index contributed by atoms with van der Waals surface area (Å²) in [5.41, 5.74) is 12.8. The Bertz CT molecular complexity index is 975. The molecule has 3 aliphatic carbocycles. The minimum atomic E-state index is 0.215. The first-order chi connectivity index (χ1) is 14.1. The average Bonchev–Trinajstić information content (AvgIpc) is 3.16. The molecule has 0 spiro atoms. The molecule has 30 heavy (non-hydrogen) atoms. The molecule has 156 valence electrons. The highest BCUT2D eigenvalue weighted by Gasteiger charge is 2.33. The summed E-state index contributed by atoms with van der Waals surface area (Å²) in [6.45, 7) is 13.9. The van der Waals surface area contributed by atoms with Crippen molar-refractivity contribution in [3.63, 3.8) is 0 Å². The van der Waals surface area contributed by atoms with Crippen LogP contribution in [-0.2, 0) is 10.8 Å². The first-order valence-corrected chi connectivity index (χ1v) is 11.8. The first kappa shape index (κ1) is 19.9. The van der Waals surface area contributed by atoms with E-state index in [1.54, 1.807) is 22.3 Å². The molecule has 0 aromatic heterocycles. The molecule has 0 N–H and O–H groups in total. The molecule has 0 bridgehead atoms. The van der Waals surface area contributed by atoms with Gasteiger partial charge in [-0.2, -0.15) is 0 Å². The topological polar surface area (TPSA) is 0 Å². The Morgan fingerprint density at radius 3 is 1.37 bits per heavy atom. The summed E-state index contributed by atoms with van der Waals surface area (Å²) in [5, 5.41) is 0. The second kappa shape index (κ2) is 6.71. The van der Waals surface area contributed by atoms with Crippen LogP contribution in [0, 0.1) is 0 Å². The van der Waals surface area contributed by atoms with Crippen molar-refractivity contribution in [2.45, 2.75) is 89.9 Å². The lowest BCUT2D eigenvalue weighted by Gasteiger charge is -2.26. The molecule has 3 aliphatic rings. The van der Waals surface area contributed by atoms with Gasteiger partial charge in [0.25, 0.3) is 0 Å². The van der Waals surface area contributed by atoms with E-state index in [9.17, 15) is 0 Å². The normalized spacial score (nSPS) is 22.9. The maximum atomic E-state index is 2.53. The van der Waals surface area contributed by atoms with Crippen LogP contribution in [0.5, 0.6) is 0 Å². The molecule has 2 unspecified atom stereocenters. The highest BCUT2D eigenvalue weighted by Crippen LogP contribution is 2.50. The molecule has 0 amide bonds. The van der Waals surface area contributed by atoms with Gasteiger partial charge in [-0.3, -0.25) is 0 Å². The molecule has 1 saturated carbocycles. The second-order valence-electron chi connectivity index (χ2n) is 11.8. The van der Waals surface area contributed by atoms with Crippen molar-refractivity contribution in [2.75, 3.05) is 0 Å². The maximum absolute atomic E-state index is 2.53. The molecule has 0 heteroatoms. The first-order valence-electron chi connectivity index (χ1n) is 11.8. The van der Waals surface area contributed by atoms with Crippen molar-refractivity contribution in [2.24, 2.45) is 0 Å². The largest absolute Gasteiger partial charge is 0.0620 e. The van der Waals surface area contributed by atoms with E-state index in [0.29, 0.717) is 11.8 Å². The van der Waals surface area contributed by atoms with Crippen LogP contribution in [-0.4, -0.2) is 0 Å². The van der Waals surface area contributed by atoms with Crippen molar-refractivity contribution in [1.82, 2.24) is 0 Å². The van der Waals surface area contributed by atoms with Crippen LogP contribution in [0.1, 0.15) is 112 Å². The molecule has 1 fully saturated rings. The smallest absolute Gasteiger partial charge is 0.00604 e. The molecule has 0 saturated heterocycles. The van der Waals surface area contributed by atoms with E-state index in [0.717, 1.165) is 0 Å². The van der Waals surface area contributed by atoms with Crippen LogP contribution in [0.2, 0.25) is 0 Å². The molecular formula is C30H36. The van der Waals surface area contributed by atoms with Crippen molar-refractivity contribution < 1.29 is 0 Å². The van der Waals surface area contributed by atoms with Gasteiger partial charge in [0, 0.05) is 11.8 Å². The second-order valence-corrected chi connectivity index (χ2v) is 11.8. The van der Waals surface area contributed by atoms with E-state index in [1.807, 2.05) is 0 Å². The molecule has 2 atom stereocenters. The molecule has 0 nitrogen and oxygen atoms in total. The third kappa shape index (κ3) is 3.29. The molecule has 0 heterocycles. The number of fused-ring (bicyclic) bond motifs is 6. The Hall–Kier alpha value is -2.08. The van der Waals surface area contributed by atoms with E-state index in [-0.39, 0.29) is 10.8 Å². The van der Waals surface area contributed by atoms with E-state index in [1.165, 1.54) is 47.9 Å². The zero-order chi connectivity index (χ0) is 21.3. The summed E-state index contributed by atoms with van der Waals surface area (Å²) in [4.78, 5) is 0. The highest BCUT2D eigenvalue weighted by molar-refractivity contribution is 5.70. The predicted molar refractivity (Wildman–Crippen MR) is 130 cm³/mol. The summed E-state index contributed by atoms with van der Waals surface area (Å²) in [5.74, 6) is 1.26. The Morgan fingerprint density at radius 1 is 0.600 bits per heavy atom. The molecule has 2 aromatic carbocycles. The number of hydrogen-bond acceptors (Lipinski definition) is 0. The van der Waals surface area contributed by atoms with Crippen LogP contribution in [0.3, 0.4) is 0 Å². The highest BCUT2D eigenvalue weighted by atomic mass is 14.4. The van der Waals surface area contributed by atoms with Crippen LogP contribution in [0.25, 0.3) is 12.2 Å². The third-order valence-electron chi connectivity index (χ3n) is 7.68. The van der Waals surface area contributed by atoms with E-state index >= 15 is 0 Å². The van der Waals surface area contributed by atoms with E-state index in [4.69, 9.17) is 0 Å². The quantitative estimate of drug-likeness (QED) is 0.418. The van der Waals surface area contributed by atoms with E-state index < -0.39 is 0 Å². The van der Waals surface area contributed by atoms with Gasteiger partial charge in [0.05, 0.1) is 0 Å². The van der Waals surface area contributed by atoms with Crippen molar-refractivity contribution >= 4 is 12.2 Å². The Kier molecular flexibility index (Phi) is 4.44. The summed E-state index contributed by atoms with van der Waals surface area (Å²) in [7, 11) is 0. The lowest BCUT2D eigenvalue weighted by atomic mass is 9.78. The molecule has 0 aliphatic heterocycles. The van der Waals surface area contributed by atoms with Crippen molar-refractivity contribution in [3.05, 3.63) is 80.9 Å². The molecule has 5 rings (SSSR count). The third-order valence-corrected chi connectivity index (χ3v) is 7.68. The van der Waals surface area contributed by atoms with Gasteiger partial charge in [0.15, 0.2) is 0 Å². The molecule has 0 radical (unpaired) electrons. The van der Waals surface area contributed by atoms with Gasteiger partial charge < -0.3 is 0 Å². The number of benzene rings is 2. The summed E-state index contributed by atoms with van der Waals surface area (Å²) in [6, 6.07) is 14.5. The van der Waals surface area contributed by atoms with Crippen molar-refractivity contribution in [1.29, 1.82) is 0 Å². The van der Waals surface area contributed by atoms with Crippen LogP contribution < -0.4 is 0 Å². The summed E-state index contributed by atoms with van der Waals surface area (Å²) >= 11 is 0. The SMILES string of the molecule is CC(C)(C)c1ccc2c(c1)C=C1CCC3C(=Cc4cc(C(C)(C)C)ccc43)CCC12. The molecular weight excluding hydrogens is 360 g/mol.